The molecule has 0 aliphatic heterocycles. The molecule has 2 aromatic rings. The molecule has 1 N–H and O–H groups in total. The molecule has 0 radical (unpaired) electrons. The molecule has 21 heavy (non-hydrogen) atoms. The summed E-state index contributed by atoms with van der Waals surface area (Å²) in [5.74, 6) is -0.340. The Kier molecular flexibility index (Phi) is 4.54. The quantitative estimate of drug-likeness (QED) is 0.680. The van der Waals surface area contributed by atoms with Gasteiger partial charge < -0.3 is 14.5 Å². The number of ether oxygens (including phenoxy) is 1. The van der Waals surface area contributed by atoms with Gasteiger partial charge >= 0.3 is 5.38 Å². The minimum atomic E-state index is -3.70. The maximum atomic E-state index is 13.3. The highest BCUT2D eigenvalue weighted by atomic mass is 35.5. The Morgan fingerprint density at radius 2 is 2.29 bits per heavy atom. The maximum Gasteiger partial charge on any atom is 0.364 e. The Bertz CT molecular complexity index is 627. The predicted molar refractivity (Wildman–Crippen MR) is 71.0 cm³/mol. The van der Waals surface area contributed by atoms with Gasteiger partial charge in [-0.3, -0.25) is 4.79 Å². The standard InChI is InChI=1S/C13H11ClF2N2O3/c1-20-7-17-12(19)9-5-8(10-3-2-4-21-10)6-11(18-9)13(14,15)16/h2-6H,7H2,1H3,(H,17,19). The van der Waals surface area contributed by atoms with E-state index in [2.05, 4.69) is 15.0 Å². The molecule has 2 heterocycles. The topological polar surface area (TPSA) is 64.4 Å². The van der Waals surface area contributed by atoms with Crippen LogP contribution in [0.1, 0.15) is 16.2 Å². The molecule has 0 aliphatic carbocycles. The van der Waals surface area contributed by atoms with Crippen molar-refractivity contribution in [2.24, 2.45) is 0 Å². The van der Waals surface area contributed by atoms with Gasteiger partial charge in [0.15, 0.2) is 0 Å². The molecule has 1 amide bonds. The number of aromatic nitrogens is 1. The summed E-state index contributed by atoms with van der Waals surface area (Å²) in [6, 6.07) is 5.57. The van der Waals surface area contributed by atoms with Gasteiger partial charge in [0.1, 0.15) is 23.9 Å². The van der Waals surface area contributed by atoms with E-state index in [9.17, 15) is 13.6 Å². The number of rotatable bonds is 5. The van der Waals surface area contributed by atoms with E-state index in [1.54, 1.807) is 12.1 Å². The van der Waals surface area contributed by atoms with Crippen molar-refractivity contribution in [3.8, 4) is 11.3 Å². The SMILES string of the molecule is COCNC(=O)c1cc(-c2ccco2)cc(C(F)(F)Cl)n1. The molecule has 0 saturated heterocycles. The summed E-state index contributed by atoms with van der Waals surface area (Å²) >= 11 is 4.99. The normalized spacial score (nSPS) is 11.4. The lowest BCUT2D eigenvalue weighted by Crippen LogP contribution is -2.27. The third kappa shape index (κ3) is 3.77. The van der Waals surface area contributed by atoms with Crippen LogP contribution in [0.4, 0.5) is 8.78 Å². The number of methoxy groups -OCH3 is 1. The number of hydrogen-bond donors (Lipinski definition) is 1. The van der Waals surface area contributed by atoms with E-state index in [1.807, 2.05) is 0 Å². The van der Waals surface area contributed by atoms with Crippen LogP contribution >= 0.6 is 11.6 Å². The molecular weight excluding hydrogens is 306 g/mol. The number of carbonyl (C=O) groups excluding carboxylic acids is 1. The number of alkyl halides is 3. The van der Waals surface area contributed by atoms with Crippen molar-refractivity contribution >= 4 is 17.5 Å². The van der Waals surface area contributed by atoms with Gasteiger partial charge in [-0.15, -0.1) is 0 Å². The van der Waals surface area contributed by atoms with Crippen molar-refractivity contribution in [3.05, 3.63) is 41.9 Å². The summed E-state index contributed by atoms with van der Waals surface area (Å²) in [5.41, 5.74) is -0.676. The summed E-state index contributed by atoms with van der Waals surface area (Å²) in [5, 5.41) is -1.34. The molecule has 2 aromatic heterocycles. The summed E-state index contributed by atoms with van der Waals surface area (Å²) in [7, 11) is 1.38. The van der Waals surface area contributed by atoms with Gasteiger partial charge in [0, 0.05) is 12.7 Å². The molecule has 112 valence electrons. The second-order valence-corrected chi connectivity index (χ2v) is 4.51. The number of nitrogens with zero attached hydrogens (tertiary/aromatic N) is 1. The van der Waals surface area contributed by atoms with Crippen LogP contribution in [-0.2, 0) is 10.1 Å². The Morgan fingerprint density at radius 1 is 1.52 bits per heavy atom. The second kappa shape index (κ2) is 6.19. The molecule has 2 rings (SSSR count). The third-order valence-corrected chi connectivity index (χ3v) is 2.72. The van der Waals surface area contributed by atoms with Crippen LogP contribution in [0.2, 0.25) is 0 Å². The predicted octanol–water partition coefficient (Wildman–Crippen LogP) is 2.96. The first-order valence-corrected chi connectivity index (χ1v) is 6.20. The van der Waals surface area contributed by atoms with E-state index in [0.29, 0.717) is 5.76 Å². The molecule has 8 heteroatoms. The Hall–Kier alpha value is -1.99. The van der Waals surface area contributed by atoms with Gasteiger partial charge in [-0.05, 0) is 35.9 Å². The van der Waals surface area contributed by atoms with Crippen LogP contribution in [0, 0.1) is 0 Å². The third-order valence-electron chi connectivity index (χ3n) is 2.53. The van der Waals surface area contributed by atoms with Crippen LogP contribution in [0.5, 0.6) is 0 Å². The molecule has 5 nitrogen and oxygen atoms in total. The monoisotopic (exact) mass is 316 g/mol. The molecule has 0 fully saturated rings. The summed E-state index contributed by atoms with van der Waals surface area (Å²) in [6.07, 6.45) is 1.39. The van der Waals surface area contributed by atoms with Crippen molar-refractivity contribution in [1.29, 1.82) is 0 Å². The van der Waals surface area contributed by atoms with Crippen LogP contribution in [-0.4, -0.2) is 24.7 Å². The van der Waals surface area contributed by atoms with E-state index < -0.39 is 17.0 Å². The van der Waals surface area contributed by atoms with Gasteiger partial charge in [0.25, 0.3) is 5.91 Å². The van der Waals surface area contributed by atoms with E-state index in [4.69, 9.17) is 16.0 Å². The highest BCUT2D eigenvalue weighted by Crippen LogP contribution is 2.33. The lowest BCUT2D eigenvalue weighted by Gasteiger charge is -2.11. The van der Waals surface area contributed by atoms with Crippen LogP contribution < -0.4 is 5.32 Å². The fourth-order valence-electron chi connectivity index (χ4n) is 1.61. The summed E-state index contributed by atoms with van der Waals surface area (Å²) in [4.78, 5) is 15.4. The van der Waals surface area contributed by atoms with Crippen molar-refractivity contribution in [3.63, 3.8) is 0 Å². The zero-order valence-electron chi connectivity index (χ0n) is 10.9. The number of halogens is 3. The maximum absolute atomic E-state index is 13.3. The summed E-state index contributed by atoms with van der Waals surface area (Å²) in [6.45, 7) is -0.0713. The highest BCUT2D eigenvalue weighted by molar-refractivity contribution is 6.21. The highest BCUT2D eigenvalue weighted by Gasteiger charge is 2.31. The van der Waals surface area contributed by atoms with Crippen LogP contribution in [0.25, 0.3) is 11.3 Å². The average molecular weight is 317 g/mol. The van der Waals surface area contributed by atoms with E-state index in [0.717, 1.165) is 6.07 Å². The minimum Gasteiger partial charge on any atom is -0.464 e. The second-order valence-electron chi connectivity index (χ2n) is 4.04. The first-order valence-electron chi connectivity index (χ1n) is 5.82. The minimum absolute atomic E-state index is 0.0713. The van der Waals surface area contributed by atoms with Crippen molar-refractivity contribution in [1.82, 2.24) is 10.3 Å². The number of amides is 1. The number of nitrogens with one attached hydrogen (secondary N) is 1. The van der Waals surface area contributed by atoms with Crippen molar-refractivity contribution in [2.45, 2.75) is 5.38 Å². The first-order chi connectivity index (χ1) is 9.91. The lowest BCUT2D eigenvalue weighted by molar-refractivity contribution is 0.0847. The largest absolute Gasteiger partial charge is 0.464 e. The molecular formula is C13H11ClF2N2O3. The van der Waals surface area contributed by atoms with Crippen molar-refractivity contribution < 1.29 is 22.7 Å². The van der Waals surface area contributed by atoms with Gasteiger partial charge in [0.05, 0.1) is 6.26 Å². The summed E-state index contributed by atoms with van der Waals surface area (Å²) < 4.78 is 36.4. The molecule has 0 atom stereocenters. The smallest absolute Gasteiger partial charge is 0.364 e. The fourth-order valence-corrected chi connectivity index (χ4v) is 1.70. The fraction of sp³-hybridized carbons (Fsp3) is 0.231. The van der Waals surface area contributed by atoms with Gasteiger partial charge in [-0.2, -0.15) is 8.78 Å². The zero-order chi connectivity index (χ0) is 15.5. The molecule has 0 aromatic carbocycles. The average Bonchev–Trinajstić information content (AvgIpc) is 2.97. The first kappa shape index (κ1) is 15.4. The van der Waals surface area contributed by atoms with Crippen LogP contribution in [0.3, 0.4) is 0 Å². The van der Waals surface area contributed by atoms with Crippen LogP contribution in [0.15, 0.2) is 34.9 Å². The zero-order valence-corrected chi connectivity index (χ0v) is 11.7. The molecule has 0 spiro atoms. The van der Waals surface area contributed by atoms with Gasteiger partial charge in [0.2, 0.25) is 0 Å². The number of carbonyl (C=O) groups is 1. The van der Waals surface area contributed by atoms with Gasteiger partial charge in [-0.1, -0.05) is 0 Å². The van der Waals surface area contributed by atoms with E-state index >= 15 is 0 Å². The molecule has 0 saturated carbocycles. The molecule has 0 aliphatic rings. The van der Waals surface area contributed by atoms with Gasteiger partial charge in [-0.25, -0.2) is 4.98 Å². The van der Waals surface area contributed by atoms with E-state index in [-0.39, 0.29) is 18.0 Å². The Balaban J connectivity index is 2.45. The van der Waals surface area contributed by atoms with E-state index in [1.165, 1.54) is 19.4 Å². The number of furan rings is 1. The Morgan fingerprint density at radius 3 is 2.86 bits per heavy atom. The number of pyridine rings is 1. The Labute approximate surface area is 123 Å². The lowest BCUT2D eigenvalue weighted by atomic mass is 10.1. The number of hydrogen-bond acceptors (Lipinski definition) is 4. The molecule has 0 unspecified atom stereocenters. The van der Waals surface area contributed by atoms with Crippen molar-refractivity contribution in [2.75, 3.05) is 13.8 Å². The molecule has 0 bridgehead atoms.